The predicted molar refractivity (Wildman–Crippen MR) is 98.4 cm³/mol. The fourth-order valence-electron chi connectivity index (χ4n) is 4.08. The first-order valence-electron chi connectivity index (χ1n) is 9.72. The number of ketones is 1. The summed E-state index contributed by atoms with van der Waals surface area (Å²) in [4.78, 5) is 11.5. The van der Waals surface area contributed by atoms with Gasteiger partial charge in [0.1, 0.15) is 5.78 Å². The molecule has 4 unspecified atom stereocenters. The van der Waals surface area contributed by atoms with Crippen molar-refractivity contribution in [1.29, 1.82) is 0 Å². The molecule has 24 heavy (non-hydrogen) atoms. The van der Waals surface area contributed by atoms with Crippen LogP contribution in [0.3, 0.4) is 0 Å². The van der Waals surface area contributed by atoms with Crippen LogP contribution in [-0.2, 0) is 19.1 Å². The zero-order valence-electron chi connectivity index (χ0n) is 16.3. The van der Waals surface area contributed by atoms with Gasteiger partial charge in [0.05, 0.1) is 11.4 Å². The maximum absolute atomic E-state index is 11.5. The highest BCUT2D eigenvalue weighted by atomic mass is 32.2. The van der Waals surface area contributed by atoms with Crippen molar-refractivity contribution in [3.05, 3.63) is 0 Å². The summed E-state index contributed by atoms with van der Waals surface area (Å²) in [5.74, 6) is 1.43. The van der Waals surface area contributed by atoms with E-state index < -0.39 is 10.1 Å². The molecular formula is C19H36O4S. The molecule has 4 atom stereocenters. The van der Waals surface area contributed by atoms with E-state index in [4.69, 9.17) is 4.18 Å². The Balaban J connectivity index is 0.000000218. The molecule has 3 rings (SSSR count). The third-order valence-corrected chi connectivity index (χ3v) is 7.83. The Morgan fingerprint density at radius 3 is 2.04 bits per heavy atom. The van der Waals surface area contributed by atoms with Crippen molar-refractivity contribution >= 4 is 15.9 Å². The van der Waals surface area contributed by atoms with Gasteiger partial charge in [0, 0.05) is 17.8 Å². The number of fused-ring (bicyclic) bond motifs is 1. The molecule has 1 saturated heterocycles. The Morgan fingerprint density at radius 2 is 1.67 bits per heavy atom. The van der Waals surface area contributed by atoms with Crippen molar-refractivity contribution in [2.75, 3.05) is 0 Å². The van der Waals surface area contributed by atoms with Crippen molar-refractivity contribution in [2.45, 2.75) is 97.8 Å². The number of carbonyl (C=O) groups is 1. The van der Waals surface area contributed by atoms with Crippen molar-refractivity contribution in [1.82, 2.24) is 0 Å². The lowest BCUT2D eigenvalue weighted by Crippen LogP contribution is -2.25. The van der Waals surface area contributed by atoms with Crippen molar-refractivity contribution in [3.8, 4) is 0 Å². The zero-order valence-corrected chi connectivity index (χ0v) is 17.1. The number of carbonyl (C=O) groups excluding carboxylic acids is 1. The van der Waals surface area contributed by atoms with E-state index in [0.717, 1.165) is 44.9 Å². The summed E-state index contributed by atoms with van der Waals surface area (Å²) in [6.07, 6.45) is 6.68. The van der Waals surface area contributed by atoms with Crippen LogP contribution in [0.2, 0.25) is 0 Å². The van der Waals surface area contributed by atoms with Crippen LogP contribution in [0.1, 0.15) is 86.5 Å². The summed E-state index contributed by atoms with van der Waals surface area (Å²) in [5, 5.41) is -0.133. The molecule has 0 aromatic rings. The molecule has 0 N–H and O–H groups in total. The lowest BCUT2D eigenvalue weighted by molar-refractivity contribution is -0.128. The molecule has 0 radical (unpaired) electrons. The number of rotatable bonds is 5. The Morgan fingerprint density at radius 1 is 1.08 bits per heavy atom. The molecule has 0 amide bonds. The quantitative estimate of drug-likeness (QED) is 0.666. The van der Waals surface area contributed by atoms with Gasteiger partial charge in [0.25, 0.3) is 10.1 Å². The Bertz CT molecular complexity index is 505. The Labute approximate surface area is 148 Å². The van der Waals surface area contributed by atoms with Gasteiger partial charge in [-0.2, -0.15) is 8.42 Å². The van der Waals surface area contributed by atoms with Gasteiger partial charge in [0.15, 0.2) is 0 Å². The van der Waals surface area contributed by atoms with Gasteiger partial charge < -0.3 is 0 Å². The Kier molecular flexibility index (Phi) is 7.92. The fraction of sp³-hybridized carbons (Fsp3) is 0.947. The maximum Gasteiger partial charge on any atom is 0.270 e. The monoisotopic (exact) mass is 360 g/mol. The highest BCUT2D eigenvalue weighted by Crippen LogP contribution is 2.54. The summed E-state index contributed by atoms with van der Waals surface area (Å²) in [7, 11) is -3.13. The van der Waals surface area contributed by atoms with Crippen molar-refractivity contribution in [3.63, 3.8) is 0 Å². The minimum absolute atomic E-state index is 0.0456. The van der Waals surface area contributed by atoms with Gasteiger partial charge in [0.2, 0.25) is 0 Å². The summed E-state index contributed by atoms with van der Waals surface area (Å²) in [6.45, 7) is 12.3. The first-order chi connectivity index (χ1) is 11.3. The van der Waals surface area contributed by atoms with E-state index in [1.165, 1.54) is 0 Å². The van der Waals surface area contributed by atoms with Gasteiger partial charge in [-0.1, -0.05) is 41.5 Å². The number of Topliss-reactive ketones (excluding diaryl/α,β-unsaturated/α-hetero) is 1. The van der Waals surface area contributed by atoms with E-state index in [1.807, 2.05) is 13.8 Å². The van der Waals surface area contributed by atoms with E-state index in [0.29, 0.717) is 17.6 Å². The molecule has 1 aliphatic heterocycles. The van der Waals surface area contributed by atoms with Crippen molar-refractivity contribution < 1.29 is 17.4 Å². The second kappa shape index (κ2) is 8.79. The minimum atomic E-state index is -3.13. The fourth-order valence-corrected chi connectivity index (χ4v) is 6.01. The lowest BCUT2D eigenvalue weighted by atomic mass is 9.79. The largest absolute Gasteiger partial charge is 0.299 e. The summed E-state index contributed by atoms with van der Waals surface area (Å²) >= 11 is 0. The van der Waals surface area contributed by atoms with Crippen LogP contribution in [0.25, 0.3) is 0 Å². The highest BCUT2D eigenvalue weighted by molar-refractivity contribution is 7.87. The topological polar surface area (TPSA) is 60.4 Å². The summed E-state index contributed by atoms with van der Waals surface area (Å²) < 4.78 is 27.5. The van der Waals surface area contributed by atoms with Crippen molar-refractivity contribution in [2.24, 2.45) is 17.3 Å². The summed E-state index contributed by atoms with van der Waals surface area (Å²) in [6, 6.07) is 0. The third kappa shape index (κ3) is 4.40. The molecule has 2 aliphatic carbocycles. The predicted octanol–water partition coefficient (Wildman–Crippen LogP) is 4.72. The molecule has 3 fully saturated rings. The molecule has 3 aliphatic rings. The van der Waals surface area contributed by atoms with Crippen LogP contribution in [0, 0.1) is 17.3 Å². The van der Waals surface area contributed by atoms with E-state index >= 15 is 0 Å². The minimum Gasteiger partial charge on any atom is -0.299 e. The molecule has 0 spiro atoms. The van der Waals surface area contributed by atoms with Crippen LogP contribution in [0.4, 0.5) is 0 Å². The van der Waals surface area contributed by atoms with Gasteiger partial charge >= 0.3 is 0 Å². The van der Waals surface area contributed by atoms with E-state index in [2.05, 4.69) is 27.7 Å². The second-order valence-corrected chi connectivity index (χ2v) is 9.13. The van der Waals surface area contributed by atoms with Gasteiger partial charge in [-0.25, -0.2) is 0 Å². The normalized spacial score (nSPS) is 31.8. The van der Waals surface area contributed by atoms with Crippen LogP contribution in [0.15, 0.2) is 0 Å². The average Bonchev–Trinajstić information content (AvgIpc) is 3.19. The van der Waals surface area contributed by atoms with Gasteiger partial charge in [-0.3, -0.25) is 8.98 Å². The SMILES string of the molecule is CC.CCCC(=O)C(C)(CC)CC.O=S1(=O)OC2CC3CC2C1C3. The summed E-state index contributed by atoms with van der Waals surface area (Å²) in [5.41, 5.74) is -0.0456. The molecule has 0 aromatic heterocycles. The molecule has 5 heteroatoms. The smallest absolute Gasteiger partial charge is 0.270 e. The van der Waals surface area contributed by atoms with Crippen LogP contribution in [-0.4, -0.2) is 25.6 Å². The molecule has 4 nitrogen and oxygen atoms in total. The highest BCUT2D eigenvalue weighted by Gasteiger charge is 2.59. The zero-order chi connectivity index (χ0) is 18.5. The number of hydrogen-bond donors (Lipinski definition) is 0. The molecular weight excluding hydrogens is 324 g/mol. The molecule has 2 saturated carbocycles. The average molecular weight is 361 g/mol. The molecule has 2 bridgehead atoms. The molecule has 1 heterocycles. The first-order valence-corrected chi connectivity index (χ1v) is 11.2. The number of hydrogen-bond acceptors (Lipinski definition) is 4. The van der Waals surface area contributed by atoms with Gasteiger partial charge in [-0.05, 0) is 44.4 Å². The first kappa shape index (κ1) is 21.6. The Hall–Kier alpha value is -0.420. The van der Waals surface area contributed by atoms with E-state index in [9.17, 15) is 13.2 Å². The molecule has 142 valence electrons. The third-order valence-electron chi connectivity index (χ3n) is 6.03. The van der Waals surface area contributed by atoms with Crippen LogP contribution < -0.4 is 0 Å². The molecule has 0 aromatic carbocycles. The van der Waals surface area contributed by atoms with Gasteiger partial charge in [-0.15, -0.1) is 0 Å². The van der Waals surface area contributed by atoms with E-state index in [-0.39, 0.29) is 16.8 Å². The van der Waals surface area contributed by atoms with E-state index in [1.54, 1.807) is 0 Å². The maximum atomic E-state index is 11.5. The standard InChI is InChI=1S/C10H20O.C7H10O3S.C2H6/c1-5-8-9(11)10(4,6-2)7-3;8-11(9)7-3-4-1-5(7)6(2-4)10-11;1-2/h5-8H2,1-4H3;4-7H,1-3H2;1-2H3. The van der Waals surface area contributed by atoms with Crippen LogP contribution >= 0.6 is 0 Å². The lowest BCUT2D eigenvalue weighted by Gasteiger charge is -2.24. The van der Waals surface area contributed by atoms with Crippen LogP contribution in [0.5, 0.6) is 0 Å². The second-order valence-electron chi connectivity index (χ2n) is 7.34.